The Morgan fingerprint density at radius 1 is 1.38 bits per heavy atom. The summed E-state index contributed by atoms with van der Waals surface area (Å²) < 4.78 is 14.0. The predicted octanol–water partition coefficient (Wildman–Crippen LogP) is 2.37. The van der Waals surface area contributed by atoms with Gasteiger partial charge in [-0.05, 0) is 37.6 Å². The average Bonchev–Trinajstić information content (AvgIpc) is 2.66. The lowest BCUT2D eigenvalue weighted by molar-refractivity contribution is 0.186. The van der Waals surface area contributed by atoms with E-state index < -0.39 is 0 Å². The molecule has 1 aromatic carbocycles. The van der Waals surface area contributed by atoms with E-state index in [0.717, 1.165) is 31.6 Å². The van der Waals surface area contributed by atoms with Crippen molar-refractivity contribution in [2.24, 2.45) is 11.1 Å². The molecule has 3 rings (SSSR count). The molecule has 0 amide bonds. The highest BCUT2D eigenvalue weighted by molar-refractivity contribution is 5.88. The van der Waals surface area contributed by atoms with E-state index >= 15 is 0 Å². The Hall–Kier alpha value is -2.54. The van der Waals surface area contributed by atoms with Crippen molar-refractivity contribution in [3.63, 3.8) is 0 Å². The molecule has 0 saturated carbocycles. The zero-order valence-electron chi connectivity index (χ0n) is 14.8. The third-order valence-corrected chi connectivity index (χ3v) is 4.75. The number of piperidine rings is 1. The third kappa shape index (κ3) is 4.54. The molecule has 6 nitrogen and oxygen atoms in total. The smallest absolute Gasteiger partial charge is 0.270 e. The summed E-state index contributed by atoms with van der Waals surface area (Å²) in [6.07, 6.45) is 5.36. The van der Waals surface area contributed by atoms with Crippen LogP contribution in [0.5, 0.6) is 0 Å². The Labute approximate surface area is 151 Å². The number of oxime groups is 1. The molecule has 0 unspecified atom stereocenters. The maximum Gasteiger partial charge on any atom is 0.270 e. The van der Waals surface area contributed by atoms with Crippen LogP contribution in [0.3, 0.4) is 0 Å². The fourth-order valence-electron chi connectivity index (χ4n) is 3.34. The van der Waals surface area contributed by atoms with Crippen molar-refractivity contribution in [3.8, 4) is 0 Å². The number of H-pyrrole nitrogens is 1. The molecule has 1 aromatic heterocycles. The number of halogens is 1. The van der Waals surface area contributed by atoms with Gasteiger partial charge in [0.2, 0.25) is 0 Å². The van der Waals surface area contributed by atoms with E-state index in [9.17, 15) is 9.18 Å². The minimum atomic E-state index is -0.219. The number of benzene rings is 1. The lowest BCUT2D eigenvalue weighted by atomic mass is 9.88. The van der Waals surface area contributed by atoms with Crippen LogP contribution in [-0.4, -0.2) is 40.8 Å². The van der Waals surface area contributed by atoms with Gasteiger partial charge in [0.1, 0.15) is 18.6 Å². The second-order valence-corrected chi connectivity index (χ2v) is 6.45. The molecule has 0 spiro atoms. The maximum absolute atomic E-state index is 14.0. The Kier molecular flexibility index (Phi) is 6.12. The molecular formula is C19H23FN4O2. The average molecular weight is 358 g/mol. The van der Waals surface area contributed by atoms with Gasteiger partial charge in [0.15, 0.2) is 0 Å². The summed E-state index contributed by atoms with van der Waals surface area (Å²) in [4.78, 5) is 25.8. The Bertz CT molecular complexity index is 813. The van der Waals surface area contributed by atoms with Crippen molar-refractivity contribution in [1.29, 1.82) is 0 Å². The Morgan fingerprint density at radius 2 is 2.15 bits per heavy atom. The minimum absolute atomic E-state index is 0.143. The second kappa shape index (κ2) is 8.71. The highest BCUT2D eigenvalue weighted by atomic mass is 19.1. The topological polar surface area (TPSA) is 70.6 Å². The lowest BCUT2D eigenvalue weighted by Crippen LogP contribution is -2.38. The number of rotatable bonds is 6. The van der Waals surface area contributed by atoms with Crippen molar-refractivity contribution in [2.45, 2.75) is 25.8 Å². The summed E-state index contributed by atoms with van der Waals surface area (Å²) in [6.45, 7) is 2.20. The quantitative estimate of drug-likeness (QED) is 0.636. The van der Waals surface area contributed by atoms with Gasteiger partial charge < -0.3 is 9.82 Å². The van der Waals surface area contributed by atoms with Gasteiger partial charge in [-0.3, -0.25) is 14.7 Å². The fraction of sp³-hybridized carbons (Fsp3) is 0.421. The molecule has 1 N–H and O–H groups in total. The van der Waals surface area contributed by atoms with Gasteiger partial charge >= 0.3 is 0 Å². The monoisotopic (exact) mass is 358 g/mol. The molecule has 0 aliphatic carbocycles. The van der Waals surface area contributed by atoms with Crippen molar-refractivity contribution in [1.82, 2.24) is 14.9 Å². The van der Waals surface area contributed by atoms with Crippen molar-refractivity contribution >= 4 is 5.71 Å². The lowest BCUT2D eigenvalue weighted by Gasteiger charge is -2.32. The van der Waals surface area contributed by atoms with E-state index in [1.54, 1.807) is 18.3 Å². The molecule has 138 valence electrons. The van der Waals surface area contributed by atoms with E-state index in [0.29, 0.717) is 24.2 Å². The van der Waals surface area contributed by atoms with Crippen LogP contribution < -0.4 is 5.56 Å². The van der Waals surface area contributed by atoms with Gasteiger partial charge in [-0.1, -0.05) is 23.4 Å². The van der Waals surface area contributed by atoms with Crippen LogP contribution in [0.4, 0.5) is 4.39 Å². The van der Waals surface area contributed by atoms with E-state index in [1.165, 1.54) is 19.4 Å². The van der Waals surface area contributed by atoms with E-state index in [-0.39, 0.29) is 17.3 Å². The maximum atomic E-state index is 14.0. The molecule has 1 aliphatic rings. The van der Waals surface area contributed by atoms with Crippen molar-refractivity contribution < 1.29 is 9.23 Å². The van der Waals surface area contributed by atoms with Crippen LogP contribution >= 0.6 is 0 Å². The number of aromatic nitrogens is 2. The molecular weight excluding hydrogens is 335 g/mol. The first-order chi connectivity index (χ1) is 12.7. The number of hydrogen-bond donors (Lipinski definition) is 1. The first kappa shape index (κ1) is 18.3. The van der Waals surface area contributed by atoms with Crippen LogP contribution in [-0.2, 0) is 17.8 Å². The largest absolute Gasteiger partial charge is 0.399 e. The molecule has 0 bridgehead atoms. The number of hydrogen-bond acceptors (Lipinski definition) is 5. The highest BCUT2D eigenvalue weighted by Gasteiger charge is 2.25. The molecule has 7 heteroatoms. The van der Waals surface area contributed by atoms with Crippen molar-refractivity contribution in [3.05, 3.63) is 64.1 Å². The molecule has 2 aromatic rings. The summed E-state index contributed by atoms with van der Waals surface area (Å²) in [5, 5.41) is 4.17. The van der Waals surface area contributed by atoms with Gasteiger partial charge in [-0.15, -0.1) is 0 Å². The number of aromatic amines is 1. The summed E-state index contributed by atoms with van der Waals surface area (Å²) in [5.41, 5.74) is 1.89. The second-order valence-electron chi connectivity index (χ2n) is 6.45. The summed E-state index contributed by atoms with van der Waals surface area (Å²) >= 11 is 0. The predicted molar refractivity (Wildman–Crippen MR) is 97.4 cm³/mol. The molecule has 2 heterocycles. The first-order valence-electron chi connectivity index (χ1n) is 8.75. The van der Waals surface area contributed by atoms with Gasteiger partial charge in [0.25, 0.3) is 5.56 Å². The fourth-order valence-corrected chi connectivity index (χ4v) is 3.34. The summed E-state index contributed by atoms with van der Waals surface area (Å²) in [6, 6.07) is 6.76. The third-order valence-electron chi connectivity index (χ3n) is 4.75. The van der Waals surface area contributed by atoms with E-state index in [4.69, 9.17) is 4.84 Å². The standard InChI is InChI=1S/C19H23FN4O2/c1-26-23-17(12-15-4-2-3-5-16(15)20)14-6-10-24(11-7-14)13-18-19(25)22-9-8-21-18/h2-5,8-9,14H,6-7,10-13H2,1H3,(H,22,25). The Morgan fingerprint density at radius 3 is 2.85 bits per heavy atom. The summed E-state index contributed by atoms with van der Waals surface area (Å²) in [7, 11) is 1.52. The normalized spacial score (nSPS) is 16.6. The van der Waals surface area contributed by atoms with Gasteiger partial charge in [0, 0.05) is 31.3 Å². The van der Waals surface area contributed by atoms with Crippen LogP contribution in [0.1, 0.15) is 24.1 Å². The molecule has 1 fully saturated rings. The van der Waals surface area contributed by atoms with Gasteiger partial charge in [-0.2, -0.15) is 0 Å². The first-order valence-corrected chi connectivity index (χ1v) is 8.75. The SMILES string of the molecule is CON=C(Cc1ccccc1F)C1CCN(Cc2ncc[nH]c2=O)CC1. The molecule has 26 heavy (non-hydrogen) atoms. The molecule has 0 radical (unpaired) electrons. The molecule has 1 aliphatic heterocycles. The molecule has 1 saturated heterocycles. The Balaban J connectivity index is 1.61. The zero-order chi connectivity index (χ0) is 18.4. The number of likely N-dealkylation sites (tertiary alicyclic amines) is 1. The van der Waals surface area contributed by atoms with Gasteiger partial charge in [0.05, 0.1) is 5.71 Å². The number of nitrogens with zero attached hydrogens (tertiary/aromatic N) is 3. The van der Waals surface area contributed by atoms with Crippen LogP contribution in [0.25, 0.3) is 0 Å². The molecule has 0 atom stereocenters. The van der Waals surface area contributed by atoms with Crippen LogP contribution in [0.2, 0.25) is 0 Å². The van der Waals surface area contributed by atoms with Gasteiger partial charge in [-0.25, -0.2) is 4.39 Å². The van der Waals surface area contributed by atoms with Crippen LogP contribution in [0.15, 0.2) is 46.6 Å². The van der Waals surface area contributed by atoms with Crippen LogP contribution in [0, 0.1) is 11.7 Å². The highest BCUT2D eigenvalue weighted by Crippen LogP contribution is 2.22. The van der Waals surface area contributed by atoms with E-state index in [1.807, 2.05) is 6.07 Å². The zero-order valence-corrected chi connectivity index (χ0v) is 14.8. The van der Waals surface area contributed by atoms with E-state index in [2.05, 4.69) is 20.0 Å². The minimum Gasteiger partial charge on any atom is -0.399 e. The van der Waals surface area contributed by atoms with Crippen molar-refractivity contribution in [2.75, 3.05) is 20.2 Å². The number of nitrogens with one attached hydrogen (secondary N) is 1. The summed E-state index contributed by atoms with van der Waals surface area (Å²) in [5.74, 6) is 0.0240.